The summed E-state index contributed by atoms with van der Waals surface area (Å²) in [5, 5.41) is -0.621. The molecule has 1 aliphatic heterocycles. The third kappa shape index (κ3) is 5.16. The maximum absolute atomic E-state index is 12.8. The van der Waals surface area contributed by atoms with Gasteiger partial charge in [-0.15, -0.1) is 0 Å². The Morgan fingerprint density at radius 2 is 1.67 bits per heavy atom. The molecule has 164 valence electrons. The quantitative estimate of drug-likeness (QED) is 0.660. The lowest BCUT2D eigenvalue weighted by molar-refractivity contribution is -0.137. The standard InChI is InChI=1S/C19H19ClF3NO4S2/c20-17-4-2-1-3-16(17)18-9-10-24(11-12-29(18,25)26)30(27,28)13-14-5-7-15(8-6-14)19(21,22)23/h1-8,18H,9-13H2. The highest BCUT2D eigenvalue weighted by Crippen LogP contribution is 2.35. The summed E-state index contributed by atoms with van der Waals surface area (Å²) in [5.41, 5.74) is -0.244. The molecular formula is C19H19ClF3NO4S2. The fraction of sp³-hybridized carbons (Fsp3) is 0.368. The molecule has 1 aliphatic rings. The summed E-state index contributed by atoms with van der Waals surface area (Å²) in [6.45, 7) is -0.246. The number of nitrogens with zero attached hydrogens (tertiary/aromatic N) is 1. The molecule has 11 heteroatoms. The normalized spacial score (nSPS) is 20.6. The first-order valence-corrected chi connectivity index (χ1v) is 12.7. The van der Waals surface area contributed by atoms with E-state index in [9.17, 15) is 30.0 Å². The average molecular weight is 482 g/mol. The molecule has 0 aliphatic carbocycles. The van der Waals surface area contributed by atoms with Gasteiger partial charge < -0.3 is 0 Å². The van der Waals surface area contributed by atoms with Crippen LogP contribution in [0.5, 0.6) is 0 Å². The molecule has 5 nitrogen and oxygen atoms in total. The Balaban J connectivity index is 1.79. The minimum atomic E-state index is -4.51. The Morgan fingerprint density at radius 1 is 1.03 bits per heavy atom. The van der Waals surface area contributed by atoms with Gasteiger partial charge in [-0.3, -0.25) is 0 Å². The molecular weight excluding hydrogens is 463 g/mol. The van der Waals surface area contributed by atoms with Gasteiger partial charge in [0.15, 0.2) is 9.84 Å². The lowest BCUT2D eigenvalue weighted by atomic mass is 10.1. The van der Waals surface area contributed by atoms with E-state index in [1.54, 1.807) is 24.3 Å². The SMILES string of the molecule is O=S1(=O)CCN(S(=O)(=O)Cc2ccc(C(F)(F)F)cc2)CCC1c1ccccc1Cl. The number of sulfonamides is 1. The predicted octanol–water partition coefficient (Wildman–Crippen LogP) is 4.05. The summed E-state index contributed by atoms with van der Waals surface area (Å²) in [7, 11) is -7.56. The van der Waals surface area contributed by atoms with Gasteiger partial charge >= 0.3 is 6.18 Å². The maximum atomic E-state index is 12.8. The molecule has 1 unspecified atom stereocenters. The summed E-state index contributed by atoms with van der Waals surface area (Å²) >= 11 is 6.14. The van der Waals surface area contributed by atoms with Gasteiger partial charge in [0, 0.05) is 18.1 Å². The van der Waals surface area contributed by atoms with E-state index in [4.69, 9.17) is 11.6 Å². The topological polar surface area (TPSA) is 71.5 Å². The van der Waals surface area contributed by atoms with Crippen molar-refractivity contribution in [2.24, 2.45) is 0 Å². The minimum absolute atomic E-state index is 0.0297. The smallest absolute Gasteiger partial charge is 0.228 e. The highest BCUT2D eigenvalue weighted by atomic mass is 35.5. The van der Waals surface area contributed by atoms with Crippen LogP contribution in [-0.2, 0) is 31.8 Å². The fourth-order valence-electron chi connectivity index (χ4n) is 3.38. The zero-order valence-corrected chi connectivity index (χ0v) is 18.0. The van der Waals surface area contributed by atoms with Crippen LogP contribution in [0.1, 0.15) is 28.4 Å². The van der Waals surface area contributed by atoms with Crippen LogP contribution in [-0.4, -0.2) is 40.0 Å². The number of alkyl halides is 3. The summed E-state index contributed by atoms with van der Waals surface area (Å²) in [4.78, 5) is 0. The second-order valence-corrected chi connectivity index (χ2v) is 11.7. The van der Waals surface area contributed by atoms with E-state index < -0.39 is 42.6 Å². The molecule has 0 amide bonds. The van der Waals surface area contributed by atoms with Crippen molar-refractivity contribution in [1.29, 1.82) is 0 Å². The van der Waals surface area contributed by atoms with Crippen LogP contribution < -0.4 is 0 Å². The maximum Gasteiger partial charge on any atom is 0.416 e. The summed E-state index contributed by atoms with van der Waals surface area (Å²) < 4.78 is 90.2. The summed E-state index contributed by atoms with van der Waals surface area (Å²) in [6, 6.07) is 10.4. The van der Waals surface area contributed by atoms with Gasteiger partial charge in [0.25, 0.3) is 0 Å². The van der Waals surface area contributed by atoms with E-state index in [0.717, 1.165) is 28.6 Å². The van der Waals surface area contributed by atoms with Crippen LogP contribution in [0.2, 0.25) is 5.02 Å². The van der Waals surface area contributed by atoms with Crippen molar-refractivity contribution in [3.63, 3.8) is 0 Å². The minimum Gasteiger partial charge on any atom is -0.228 e. The molecule has 0 radical (unpaired) electrons. The molecule has 30 heavy (non-hydrogen) atoms. The number of rotatable bonds is 4. The molecule has 2 aromatic rings. The molecule has 1 heterocycles. The van der Waals surface area contributed by atoms with Crippen LogP contribution in [0.4, 0.5) is 13.2 Å². The third-order valence-corrected chi connectivity index (χ3v) is 9.28. The van der Waals surface area contributed by atoms with E-state index in [1.807, 2.05) is 0 Å². The van der Waals surface area contributed by atoms with Crippen LogP contribution in [0.25, 0.3) is 0 Å². The Labute approximate surface area is 178 Å². The Kier molecular flexibility index (Phi) is 6.52. The average Bonchev–Trinajstić information content (AvgIpc) is 2.80. The van der Waals surface area contributed by atoms with Crippen molar-refractivity contribution >= 4 is 31.5 Å². The lowest BCUT2D eigenvalue weighted by Gasteiger charge is -2.20. The second kappa shape index (κ2) is 8.49. The highest BCUT2D eigenvalue weighted by molar-refractivity contribution is 7.92. The Bertz CT molecular complexity index is 1120. The monoisotopic (exact) mass is 481 g/mol. The second-order valence-electron chi connectivity index (χ2n) is 7.02. The zero-order chi connectivity index (χ0) is 22.2. The lowest BCUT2D eigenvalue weighted by Crippen LogP contribution is -2.34. The van der Waals surface area contributed by atoms with Crippen LogP contribution in [0.15, 0.2) is 48.5 Å². The first kappa shape index (κ1) is 23.1. The van der Waals surface area contributed by atoms with Gasteiger partial charge in [0.05, 0.1) is 22.3 Å². The van der Waals surface area contributed by atoms with E-state index in [2.05, 4.69) is 0 Å². The largest absolute Gasteiger partial charge is 0.416 e. The van der Waals surface area contributed by atoms with Crippen molar-refractivity contribution < 1.29 is 30.0 Å². The zero-order valence-electron chi connectivity index (χ0n) is 15.6. The molecule has 1 atom stereocenters. The number of hydrogen-bond acceptors (Lipinski definition) is 4. The highest BCUT2D eigenvalue weighted by Gasteiger charge is 2.36. The molecule has 1 fully saturated rings. The predicted molar refractivity (Wildman–Crippen MR) is 108 cm³/mol. The van der Waals surface area contributed by atoms with Crippen LogP contribution in [0, 0.1) is 0 Å². The van der Waals surface area contributed by atoms with Gasteiger partial charge in [-0.1, -0.05) is 41.9 Å². The van der Waals surface area contributed by atoms with Crippen LogP contribution in [0.3, 0.4) is 0 Å². The number of hydrogen-bond donors (Lipinski definition) is 0. The molecule has 0 aromatic heterocycles. The number of sulfone groups is 1. The molecule has 0 bridgehead atoms. The van der Waals surface area contributed by atoms with Crippen molar-refractivity contribution in [3.05, 3.63) is 70.2 Å². The van der Waals surface area contributed by atoms with E-state index in [-0.39, 0.29) is 30.8 Å². The fourth-order valence-corrected chi connectivity index (χ4v) is 7.19. The third-order valence-electron chi connectivity index (χ3n) is 4.98. The van der Waals surface area contributed by atoms with E-state index in [1.165, 1.54) is 0 Å². The van der Waals surface area contributed by atoms with Gasteiger partial charge in [0.2, 0.25) is 10.0 Å². The molecule has 0 saturated carbocycles. The van der Waals surface area contributed by atoms with Crippen molar-refractivity contribution in [2.75, 3.05) is 18.8 Å². The van der Waals surface area contributed by atoms with Gasteiger partial charge in [-0.2, -0.15) is 13.2 Å². The molecule has 2 aromatic carbocycles. The molecule has 0 spiro atoms. The summed E-state index contributed by atoms with van der Waals surface area (Å²) in [6.07, 6.45) is -4.47. The molecule has 0 N–H and O–H groups in total. The van der Waals surface area contributed by atoms with E-state index >= 15 is 0 Å². The Morgan fingerprint density at radius 3 is 2.27 bits per heavy atom. The first-order chi connectivity index (χ1) is 13.9. The first-order valence-electron chi connectivity index (χ1n) is 9.00. The molecule has 3 rings (SSSR count). The van der Waals surface area contributed by atoms with Crippen molar-refractivity contribution in [3.8, 4) is 0 Å². The van der Waals surface area contributed by atoms with Gasteiger partial charge in [-0.25, -0.2) is 21.1 Å². The number of halogens is 4. The molecule has 1 saturated heterocycles. The van der Waals surface area contributed by atoms with Gasteiger partial charge in [-0.05, 0) is 35.7 Å². The van der Waals surface area contributed by atoms with Gasteiger partial charge in [0.1, 0.15) is 0 Å². The Hall–Kier alpha value is -1.62. The number of benzene rings is 2. The van der Waals surface area contributed by atoms with E-state index in [0.29, 0.717) is 10.6 Å². The summed E-state index contributed by atoms with van der Waals surface area (Å²) in [5.74, 6) is -0.878. The van der Waals surface area contributed by atoms with Crippen molar-refractivity contribution in [2.45, 2.75) is 23.6 Å². The van der Waals surface area contributed by atoms with Crippen molar-refractivity contribution in [1.82, 2.24) is 4.31 Å². The van der Waals surface area contributed by atoms with Crippen LogP contribution >= 0.6 is 11.6 Å².